The standard InChI is InChI=1S/C18H28N4O.2ClH/c1-19-14-18(23)22-9-5-8-17(15-22)21-12-10-20(11-13-21)16-6-3-2-4-7-16;;/h2-4,6-7,17,19H,5,8-15H2,1H3;2*1H. The number of likely N-dealkylation sites (N-methyl/N-ethyl adjacent to an activating group) is 1. The molecule has 0 spiro atoms. The molecule has 1 N–H and O–H groups in total. The lowest BCUT2D eigenvalue weighted by atomic mass is 10.0. The molecule has 1 aromatic rings. The molecule has 1 atom stereocenters. The minimum atomic E-state index is 0. The maximum Gasteiger partial charge on any atom is 0.236 e. The Morgan fingerprint density at radius 3 is 2.40 bits per heavy atom. The molecule has 2 aliphatic rings. The number of nitrogens with one attached hydrogen (secondary N) is 1. The van der Waals surface area contributed by atoms with Gasteiger partial charge in [0.05, 0.1) is 6.54 Å². The topological polar surface area (TPSA) is 38.8 Å². The van der Waals surface area contributed by atoms with Crippen LogP contribution in [-0.2, 0) is 4.79 Å². The van der Waals surface area contributed by atoms with Gasteiger partial charge in [0.25, 0.3) is 0 Å². The van der Waals surface area contributed by atoms with E-state index in [4.69, 9.17) is 0 Å². The van der Waals surface area contributed by atoms with Crippen molar-refractivity contribution in [2.75, 3.05) is 57.8 Å². The number of carbonyl (C=O) groups excluding carboxylic acids is 1. The summed E-state index contributed by atoms with van der Waals surface area (Å²) in [5.41, 5.74) is 1.32. The Morgan fingerprint density at radius 2 is 1.76 bits per heavy atom. The molecule has 0 aliphatic carbocycles. The van der Waals surface area contributed by atoms with Crippen LogP contribution in [0.25, 0.3) is 0 Å². The van der Waals surface area contributed by atoms with Crippen molar-refractivity contribution in [3.63, 3.8) is 0 Å². The van der Waals surface area contributed by atoms with Crippen molar-refractivity contribution < 1.29 is 4.79 Å². The van der Waals surface area contributed by atoms with Crippen molar-refractivity contribution in [1.29, 1.82) is 0 Å². The van der Waals surface area contributed by atoms with Gasteiger partial charge in [-0.15, -0.1) is 24.8 Å². The van der Waals surface area contributed by atoms with Gasteiger partial charge < -0.3 is 15.1 Å². The number of nitrogens with zero attached hydrogens (tertiary/aromatic N) is 3. The average Bonchev–Trinajstić information content (AvgIpc) is 2.63. The highest BCUT2D eigenvalue weighted by Crippen LogP contribution is 2.20. The van der Waals surface area contributed by atoms with Crippen molar-refractivity contribution in [3.05, 3.63) is 30.3 Å². The first kappa shape index (κ1) is 22.0. The number of hydrogen-bond donors (Lipinski definition) is 1. The molecular weight excluding hydrogens is 359 g/mol. The number of para-hydroxylation sites is 1. The minimum absolute atomic E-state index is 0. The molecule has 1 amide bonds. The van der Waals surface area contributed by atoms with Gasteiger partial charge in [-0.05, 0) is 32.0 Å². The second-order valence-corrected chi connectivity index (χ2v) is 6.52. The number of amides is 1. The van der Waals surface area contributed by atoms with Crippen molar-refractivity contribution in [2.45, 2.75) is 18.9 Å². The van der Waals surface area contributed by atoms with E-state index in [9.17, 15) is 4.79 Å². The number of carbonyl (C=O) groups is 1. The van der Waals surface area contributed by atoms with Gasteiger partial charge in [-0.2, -0.15) is 0 Å². The summed E-state index contributed by atoms with van der Waals surface area (Å²) < 4.78 is 0. The first-order valence-electron chi connectivity index (χ1n) is 8.74. The third kappa shape index (κ3) is 5.74. The Kier molecular flexibility index (Phi) is 9.57. The van der Waals surface area contributed by atoms with E-state index in [0.717, 1.165) is 45.7 Å². The quantitative estimate of drug-likeness (QED) is 0.854. The van der Waals surface area contributed by atoms with Gasteiger partial charge in [-0.25, -0.2) is 0 Å². The Hall–Kier alpha value is -1.01. The highest BCUT2D eigenvalue weighted by atomic mass is 35.5. The zero-order chi connectivity index (χ0) is 16.1. The largest absolute Gasteiger partial charge is 0.369 e. The summed E-state index contributed by atoms with van der Waals surface area (Å²) in [6, 6.07) is 11.2. The number of halogens is 2. The number of rotatable bonds is 4. The predicted octanol–water partition coefficient (Wildman–Crippen LogP) is 1.86. The van der Waals surface area contributed by atoms with E-state index in [1.165, 1.54) is 12.1 Å². The van der Waals surface area contributed by atoms with Gasteiger partial charge in [-0.3, -0.25) is 9.69 Å². The number of piperidine rings is 1. The molecule has 25 heavy (non-hydrogen) atoms. The number of hydrogen-bond acceptors (Lipinski definition) is 4. The maximum absolute atomic E-state index is 12.1. The van der Waals surface area contributed by atoms with Crippen LogP contribution in [0, 0.1) is 0 Å². The number of piperazine rings is 1. The van der Waals surface area contributed by atoms with Crippen molar-refractivity contribution >= 4 is 36.4 Å². The molecule has 1 aromatic carbocycles. The molecule has 7 heteroatoms. The summed E-state index contributed by atoms with van der Waals surface area (Å²) in [6.07, 6.45) is 2.34. The van der Waals surface area contributed by atoms with Crippen LogP contribution in [0.15, 0.2) is 30.3 Å². The molecule has 0 bridgehead atoms. The molecule has 0 saturated carbocycles. The van der Waals surface area contributed by atoms with Gasteiger partial charge in [-0.1, -0.05) is 18.2 Å². The fourth-order valence-electron chi connectivity index (χ4n) is 3.73. The Labute approximate surface area is 163 Å². The molecule has 2 heterocycles. The fraction of sp³-hybridized carbons (Fsp3) is 0.611. The van der Waals surface area contributed by atoms with E-state index in [1.54, 1.807) is 0 Å². The van der Waals surface area contributed by atoms with Crippen LogP contribution in [0.5, 0.6) is 0 Å². The van der Waals surface area contributed by atoms with E-state index in [1.807, 2.05) is 11.9 Å². The van der Waals surface area contributed by atoms with Crippen LogP contribution in [0.2, 0.25) is 0 Å². The fourth-order valence-corrected chi connectivity index (χ4v) is 3.73. The zero-order valence-corrected chi connectivity index (χ0v) is 16.5. The molecule has 1 unspecified atom stereocenters. The summed E-state index contributed by atoms with van der Waals surface area (Å²) in [4.78, 5) is 19.2. The summed E-state index contributed by atoms with van der Waals surface area (Å²) in [5.74, 6) is 0.236. The number of anilines is 1. The van der Waals surface area contributed by atoms with Crippen molar-refractivity contribution in [1.82, 2.24) is 15.1 Å². The van der Waals surface area contributed by atoms with Crippen molar-refractivity contribution in [2.24, 2.45) is 0 Å². The second-order valence-electron chi connectivity index (χ2n) is 6.52. The normalized spacial score (nSPS) is 21.2. The van der Waals surface area contributed by atoms with Gasteiger partial charge in [0.2, 0.25) is 5.91 Å². The van der Waals surface area contributed by atoms with E-state index in [-0.39, 0.29) is 30.7 Å². The highest BCUT2D eigenvalue weighted by Gasteiger charge is 2.29. The van der Waals surface area contributed by atoms with Crippen LogP contribution in [0.4, 0.5) is 5.69 Å². The monoisotopic (exact) mass is 388 g/mol. The lowest BCUT2D eigenvalue weighted by Crippen LogP contribution is -2.56. The van der Waals surface area contributed by atoms with Gasteiger partial charge >= 0.3 is 0 Å². The Balaban J connectivity index is 0.00000156. The zero-order valence-electron chi connectivity index (χ0n) is 14.9. The Bertz CT molecular complexity index is 509. The third-order valence-corrected chi connectivity index (χ3v) is 5.03. The van der Waals surface area contributed by atoms with Crippen molar-refractivity contribution in [3.8, 4) is 0 Å². The highest BCUT2D eigenvalue weighted by molar-refractivity contribution is 5.85. The average molecular weight is 389 g/mol. The number of benzene rings is 1. The van der Waals surface area contributed by atoms with Crippen LogP contribution in [-0.4, -0.2) is 74.6 Å². The summed E-state index contributed by atoms with van der Waals surface area (Å²) >= 11 is 0. The van der Waals surface area contributed by atoms with Crippen LogP contribution in [0.3, 0.4) is 0 Å². The first-order chi connectivity index (χ1) is 11.3. The van der Waals surface area contributed by atoms with E-state index in [0.29, 0.717) is 12.6 Å². The van der Waals surface area contributed by atoms with Crippen LogP contribution in [0.1, 0.15) is 12.8 Å². The molecule has 2 aliphatic heterocycles. The summed E-state index contributed by atoms with van der Waals surface area (Å²) in [6.45, 7) is 6.60. The first-order valence-corrected chi connectivity index (χ1v) is 8.74. The SMILES string of the molecule is CNCC(=O)N1CCCC(N2CCN(c3ccccc3)CC2)C1.Cl.Cl. The molecule has 5 nitrogen and oxygen atoms in total. The lowest BCUT2D eigenvalue weighted by molar-refractivity contribution is -0.132. The van der Waals surface area contributed by atoms with E-state index in [2.05, 4.69) is 45.4 Å². The lowest BCUT2D eigenvalue weighted by Gasteiger charge is -2.44. The second kappa shape index (κ2) is 10.9. The minimum Gasteiger partial charge on any atom is -0.369 e. The Morgan fingerprint density at radius 1 is 1.08 bits per heavy atom. The van der Waals surface area contributed by atoms with Gasteiger partial charge in [0.1, 0.15) is 0 Å². The van der Waals surface area contributed by atoms with E-state index < -0.39 is 0 Å². The van der Waals surface area contributed by atoms with Gasteiger partial charge in [0.15, 0.2) is 0 Å². The third-order valence-electron chi connectivity index (χ3n) is 5.03. The molecule has 2 saturated heterocycles. The predicted molar refractivity (Wildman–Crippen MR) is 108 cm³/mol. The molecule has 0 radical (unpaired) electrons. The summed E-state index contributed by atoms with van der Waals surface area (Å²) in [7, 11) is 1.84. The molecular formula is C18H30Cl2N4O. The maximum atomic E-state index is 12.1. The molecule has 0 aromatic heterocycles. The molecule has 142 valence electrons. The molecule has 2 fully saturated rings. The van der Waals surface area contributed by atoms with Crippen LogP contribution >= 0.6 is 24.8 Å². The van der Waals surface area contributed by atoms with Crippen LogP contribution < -0.4 is 10.2 Å². The van der Waals surface area contributed by atoms with E-state index >= 15 is 0 Å². The number of likely N-dealkylation sites (tertiary alicyclic amines) is 1. The smallest absolute Gasteiger partial charge is 0.236 e. The molecule has 3 rings (SSSR count). The summed E-state index contributed by atoms with van der Waals surface area (Å²) in [5, 5.41) is 2.97. The van der Waals surface area contributed by atoms with Gasteiger partial charge in [0, 0.05) is 51.0 Å².